The summed E-state index contributed by atoms with van der Waals surface area (Å²) in [6.07, 6.45) is 1.73. The number of hydrogen-bond acceptors (Lipinski definition) is 4. The summed E-state index contributed by atoms with van der Waals surface area (Å²) >= 11 is 0. The van der Waals surface area contributed by atoms with E-state index in [4.69, 9.17) is 9.47 Å². The van der Waals surface area contributed by atoms with Gasteiger partial charge in [-0.25, -0.2) is 0 Å². The third kappa shape index (κ3) is 3.02. The van der Waals surface area contributed by atoms with Crippen LogP contribution in [0.2, 0.25) is 0 Å². The van der Waals surface area contributed by atoms with Crippen LogP contribution in [-0.2, 0) is 16.8 Å². The van der Waals surface area contributed by atoms with Gasteiger partial charge in [-0.1, -0.05) is 6.07 Å². The number of nitrogens with zero attached hydrogens (tertiary/aromatic N) is 1. The fourth-order valence-corrected chi connectivity index (χ4v) is 2.51. The number of ether oxygens (including phenoxy) is 2. The van der Waals surface area contributed by atoms with Crippen LogP contribution in [0.5, 0.6) is 11.5 Å². The van der Waals surface area contributed by atoms with Gasteiger partial charge < -0.3 is 14.8 Å². The number of benzene rings is 1. The lowest BCUT2D eigenvalue weighted by atomic mass is 9.83. The van der Waals surface area contributed by atoms with Crippen molar-refractivity contribution in [3.8, 4) is 11.5 Å². The molecule has 0 fully saturated rings. The van der Waals surface area contributed by atoms with Crippen molar-refractivity contribution >= 4 is 5.91 Å². The minimum absolute atomic E-state index is 0.0465. The maximum atomic E-state index is 12.6. The number of carbonyl (C=O) groups excluding carboxylic acids is 1. The minimum Gasteiger partial charge on any atom is -0.486 e. The summed E-state index contributed by atoms with van der Waals surface area (Å²) in [6, 6.07) is 5.66. The second kappa shape index (κ2) is 5.95. The first-order valence-electron chi connectivity index (χ1n) is 7.66. The lowest BCUT2D eigenvalue weighted by Crippen LogP contribution is -2.39. The molecule has 0 atom stereocenters. The molecule has 1 aromatic carbocycles. The number of H-pyrrole nitrogens is 1. The predicted molar refractivity (Wildman–Crippen MR) is 85.6 cm³/mol. The average molecular weight is 315 g/mol. The molecule has 3 rings (SSSR count). The lowest BCUT2D eigenvalue weighted by molar-refractivity contribution is -0.125. The number of carbonyl (C=O) groups is 1. The summed E-state index contributed by atoms with van der Waals surface area (Å²) in [4.78, 5) is 12.6. The molecule has 0 saturated heterocycles. The van der Waals surface area contributed by atoms with E-state index in [9.17, 15) is 4.79 Å². The van der Waals surface area contributed by atoms with Crippen molar-refractivity contribution in [3.05, 3.63) is 41.2 Å². The van der Waals surface area contributed by atoms with Gasteiger partial charge in [0.15, 0.2) is 11.5 Å². The van der Waals surface area contributed by atoms with Gasteiger partial charge in [-0.2, -0.15) is 5.10 Å². The van der Waals surface area contributed by atoms with Gasteiger partial charge in [-0.15, -0.1) is 0 Å². The Morgan fingerprint density at radius 2 is 2.04 bits per heavy atom. The summed E-state index contributed by atoms with van der Waals surface area (Å²) in [6.45, 7) is 7.27. The van der Waals surface area contributed by atoms with Crippen LogP contribution >= 0.6 is 0 Å². The molecular weight excluding hydrogens is 294 g/mol. The first-order chi connectivity index (χ1) is 11.0. The monoisotopic (exact) mass is 315 g/mol. The van der Waals surface area contributed by atoms with Crippen molar-refractivity contribution in [1.82, 2.24) is 15.5 Å². The maximum Gasteiger partial charge on any atom is 0.230 e. The van der Waals surface area contributed by atoms with E-state index in [-0.39, 0.29) is 5.91 Å². The van der Waals surface area contributed by atoms with Crippen LogP contribution in [0, 0.1) is 6.92 Å². The highest BCUT2D eigenvalue weighted by Gasteiger charge is 2.31. The Bertz CT molecular complexity index is 722. The molecule has 1 amide bonds. The number of aryl methyl sites for hydroxylation is 1. The van der Waals surface area contributed by atoms with E-state index in [0.29, 0.717) is 25.5 Å². The van der Waals surface area contributed by atoms with Gasteiger partial charge in [0.1, 0.15) is 13.2 Å². The SMILES string of the molecule is Cc1[nH]ncc1CNC(=O)C(C)(C)c1ccc2c(c1)OCCO2. The third-order valence-electron chi connectivity index (χ3n) is 4.21. The molecule has 2 N–H and O–H groups in total. The molecule has 0 radical (unpaired) electrons. The van der Waals surface area contributed by atoms with Gasteiger partial charge in [0.05, 0.1) is 11.6 Å². The number of nitrogens with one attached hydrogen (secondary N) is 2. The molecule has 6 heteroatoms. The highest BCUT2D eigenvalue weighted by molar-refractivity contribution is 5.87. The van der Waals surface area contributed by atoms with E-state index >= 15 is 0 Å². The second-order valence-electron chi connectivity index (χ2n) is 6.19. The highest BCUT2D eigenvalue weighted by Crippen LogP contribution is 2.35. The van der Waals surface area contributed by atoms with Crippen molar-refractivity contribution in [1.29, 1.82) is 0 Å². The average Bonchev–Trinajstić information content (AvgIpc) is 2.97. The van der Waals surface area contributed by atoms with Crippen molar-refractivity contribution in [3.63, 3.8) is 0 Å². The van der Waals surface area contributed by atoms with E-state index in [1.807, 2.05) is 39.0 Å². The molecule has 1 aliphatic heterocycles. The molecule has 1 aromatic heterocycles. The van der Waals surface area contributed by atoms with Gasteiger partial charge in [0.2, 0.25) is 5.91 Å². The first kappa shape index (κ1) is 15.4. The topological polar surface area (TPSA) is 76.2 Å². The van der Waals surface area contributed by atoms with Crippen LogP contribution in [0.4, 0.5) is 0 Å². The van der Waals surface area contributed by atoms with Crippen molar-refractivity contribution in [2.45, 2.75) is 32.7 Å². The third-order valence-corrected chi connectivity index (χ3v) is 4.21. The van der Waals surface area contributed by atoms with E-state index in [2.05, 4.69) is 15.5 Å². The zero-order valence-electron chi connectivity index (χ0n) is 13.6. The molecule has 6 nitrogen and oxygen atoms in total. The van der Waals surface area contributed by atoms with Gasteiger partial charge in [-0.3, -0.25) is 9.89 Å². The van der Waals surface area contributed by atoms with Gasteiger partial charge in [-0.05, 0) is 38.5 Å². The van der Waals surface area contributed by atoms with Gasteiger partial charge in [0.25, 0.3) is 0 Å². The summed E-state index contributed by atoms with van der Waals surface area (Å²) in [5, 5.41) is 9.80. The number of rotatable bonds is 4. The van der Waals surface area contributed by atoms with Crippen LogP contribution in [0.15, 0.2) is 24.4 Å². The molecule has 1 aliphatic rings. The van der Waals surface area contributed by atoms with Gasteiger partial charge in [0, 0.05) is 17.8 Å². The zero-order valence-corrected chi connectivity index (χ0v) is 13.6. The van der Waals surface area contributed by atoms with Crippen molar-refractivity contribution < 1.29 is 14.3 Å². The largest absolute Gasteiger partial charge is 0.486 e. The van der Waals surface area contributed by atoms with E-state index in [1.54, 1.807) is 6.20 Å². The highest BCUT2D eigenvalue weighted by atomic mass is 16.6. The zero-order chi connectivity index (χ0) is 16.4. The fourth-order valence-electron chi connectivity index (χ4n) is 2.51. The summed E-state index contributed by atoms with van der Waals surface area (Å²) < 4.78 is 11.1. The predicted octanol–water partition coefficient (Wildman–Crippen LogP) is 2.08. The van der Waals surface area contributed by atoms with Crippen LogP contribution < -0.4 is 14.8 Å². The maximum absolute atomic E-state index is 12.6. The number of amides is 1. The Labute approximate surface area is 135 Å². The van der Waals surface area contributed by atoms with Crippen molar-refractivity contribution in [2.24, 2.45) is 0 Å². The molecule has 2 aromatic rings. The summed E-state index contributed by atoms with van der Waals surface area (Å²) in [7, 11) is 0. The molecule has 0 saturated carbocycles. The van der Waals surface area contributed by atoms with E-state index in [0.717, 1.165) is 22.6 Å². The van der Waals surface area contributed by atoms with Crippen LogP contribution in [0.25, 0.3) is 0 Å². The first-order valence-corrected chi connectivity index (χ1v) is 7.66. The molecule has 0 bridgehead atoms. The number of hydrogen-bond donors (Lipinski definition) is 2. The number of fused-ring (bicyclic) bond motifs is 1. The molecule has 2 heterocycles. The smallest absolute Gasteiger partial charge is 0.230 e. The van der Waals surface area contributed by atoms with Crippen LogP contribution in [-0.4, -0.2) is 29.3 Å². The molecule has 0 spiro atoms. The van der Waals surface area contributed by atoms with Crippen LogP contribution in [0.3, 0.4) is 0 Å². The fraction of sp³-hybridized carbons (Fsp3) is 0.412. The molecular formula is C17H21N3O3. The Kier molecular flexibility index (Phi) is 3.98. The van der Waals surface area contributed by atoms with E-state index < -0.39 is 5.41 Å². The molecule has 23 heavy (non-hydrogen) atoms. The Morgan fingerprint density at radius 3 is 2.74 bits per heavy atom. The normalized spacial score (nSPS) is 13.7. The Balaban J connectivity index is 1.74. The summed E-state index contributed by atoms with van der Waals surface area (Å²) in [5.41, 5.74) is 2.16. The van der Waals surface area contributed by atoms with Crippen molar-refractivity contribution in [2.75, 3.05) is 13.2 Å². The standard InChI is InChI=1S/C17H21N3O3/c1-11-12(10-19-20-11)9-18-16(21)17(2,3)13-4-5-14-15(8-13)23-7-6-22-14/h4-5,8,10H,6-7,9H2,1-3H3,(H,18,21)(H,19,20). The number of aromatic nitrogens is 2. The Morgan fingerprint density at radius 1 is 1.30 bits per heavy atom. The van der Waals surface area contributed by atoms with Crippen LogP contribution in [0.1, 0.15) is 30.7 Å². The minimum atomic E-state index is -0.673. The molecule has 0 unspecified atom stereocenters. The molecule has 0 aliphatic carbocycles. The number of aromatic amines is 1. The van der Waals surface area contributed by atoms with Gasteiger partial charge >= 0.3 is 0 Å². The lowest BCUT2D eigenvalue weighted by Gasteiger charge is -2.26. The Hall–Kier alpha value is -2.50. The quantitative estimate of drug-likeness (QED) is 0.906. The summed E-state index contributed by atoms with van der Waals surface area (Å²) in [5.74, 6) is 1.38. The molecule has 122 valence electrons. The van der Waals surface area contributed by atoms with E-state index in [1.165, 1.54) is 0 Å². The second-order valence-corrected chi connectivity index (χ2v) is 6.19.